The third-order valence-corrected chi connectivity index (χ3v) is 3.20. The summed E-state index contributed by atoms with van der Waals surface area (Å²) in [7, 11) is 0. The van der Waals surface area contributed by atoms with Gasteiger partial charge in [-0.05, 0) is 37.5 Å². The Morgan fingerprint density at radius 3 is 2.65 bits per heavy atom. The van der Waals surface area contributed by atoms with E-state index >= 15 is 0 Å². The molecule has 0 amide bonds. The molecular weight excluding hydrogens is 217 g/mol. The zero-order chi connectivity index (χ0) is 12.5. The molecule has 1 saturated heterocycles. The van der Waals surface area contributed by atoms with Crippen LogP contribution in [0.4, 0.5) is 10.1 Å². The maximum atomic E-state index is 14.1. The molecule has 2 rings (SSSR count). The van der Waals surface area contributed by atoms with E-state index in [1.165, 1.54) is 0 Å². The second-order valence-corrected chi connectivity index (χ2v) is 4.66. The van der Waals surface area contributed by atoms with Crippen LogP contribution in [0.5, 0.6) is 0 Å². The van der Waals surface area contributed by atoms with Crippen molar-refractivity contribution in [1.82, 2.24) is 0 Å². The van der Waals surface area contributed by atoms with E-state index in [-0.39, 0.29) is 13.2 Å². The van der Waals surface area contributed by atoms with Gasteiger partial charge in [-0.1, -0.05) is 19.1 Å². The van der Waals surface area contributed by atoms with E-state index in [1.807, 2.05) is 32.0 Å². The summed E-state index contributed by atoms with van der Waals surface area (Å²) >= 11 is 0. The third kappa shape index (κ3) is 2.39. The molecule has 1 aromatic carbocycles. The number of aliphatic imine (C=N–C) groups is 1. The number of aryl methyl sites for hydroxylation is 1. The molecule has 1 aromatic rings. The lowest BCUT2D eigenvalue weighted by atomic mass is 9.92. The molecule has 1 fully saturated rings. The standard InChI is InChI=1S/C14H18FNO/c1-4-11(3)16-13-6-5-12(7-10(13)2)14(15)8-17-9-14/h5-7H,4,8-9H2,1-3H3. The third-order valence-electron chi connectivity index (χ3n) is 3.20. The zero-order valence-corrected chi connectivity index (χ0v) is 10.6. The molecule has 0 saturated carbocycles. The van der Waals surface area contributed by atoms with E-state index in [0.29, 0.717) is 5.56 Å². The quantitative estimate of drug-likeness (QED) is 0.732. The Morgan fingerprint density at radius 1 is 1.47 bits per heavy atom. The van der Waals surface area contributed by atoms with Crippen molar-refractivity contribution in [3.63, 3.8) is 0 Å². The molecule has 2 nitrogen and oxygen atoms in total. The summed E-state index contributed by atoms with van der Waals surface area (Å²) in [6.45, 7) is 6.38. The average Bonchev–Trinajstić information content (AvgIpc) is 2.28. The van der Waals surface area contributed by atoms with Crippen LogP contribution in [-0.2, 0) is 10.4 Å². The predicted molar refractivity (Wildman–Crippen MR) is 67.8 cm³/mol. The van der Waals surface area contributed by atoms with Crippen LogP contribution in [0, 0.1) is 6.92 Å². The lowest BCUT2D eigenvalue weighted by Crippen LogP contribution is -2.42. The van der Waals surface area contributed by atoms with Gasteiger partial charge in [0.1, 0.15) is 0 Å². The van der Waals surface area contributed by atoms with Crippen molar-refractivity contribution < 1.29 is 9.13 Å². The second-order valence-electron chi connectivity index (χ2n) is 4.66. The number of halogens is 1. The predicted octanol–water partition coefficient (Wildman–Crippen LogP) is 3.69. The average molecular weight is 235 g/mol. The van der Waals surface area contributed by atoms with Crippen molar-refractivity contribution in [3.8, 4) is 0 Å². The summed E-state index contributed by atoms with van der Waals surface area (Å²) in [5, 5.41) is 0. The fraction of sp³-hybridized carbons (Fsp3) is 0.500. The first-order valence-corrected chi connectivity index (χ1v) is 5.97. The Labute approximate surface area is 102 Å². The summed E-state index contributed by atoms with van der Waals surface area (Å²) in [5.74, 6) is 0. The number of ether oxygens (including phenoxy) is 1. The van der Waals surface area contributed by atoms with Gasteiger partial charge in [0.2, 0.25) is 0 Å². The summed E-state index contributed by atoms with van der Waals surface area (Å²) < 4.78 is 19.1. The minimum Gasteiger partial charge on any atom is -0.374 e. The van der Waals surface area contributed by atoms with E-state index in [4.69, 9.17) is 4.74 Å². The highest BCUT2D eigenvalue weighted by molar-refractivity contribution is 5.84. The maximum Gasteiger partial charge on any atom is 0.182 e. The first-order chi connectivity index (χ1) is 8.05. The van der Waals surface area contributed by atoms with Crippen molar-refractivity contribution in [2.24, 2.45) is 4.99 Å². The molecule has 0 unspecified atom stereocenters. The summed E-state index contributed by atoms with van der Waals surface area (Å²) in [6.07, 6.45) is 0.933. The molecule has 0 spiro atoms. The van der Waals surface area contributed by atoms with Crippen molar-refractivity contribution >= 4 is 11.4 Å². The van der Waals surface area contributed by atoms with Crippen LogP contribution >= 0.6 is 0 Å². The lowest BCUT2D eigenvalue weighted by Gasteiger charge is -2.34. The van der Waals surface area contributed by atoms with Crippen LogP contribution in [-0.4, -0.2) is 18.9 Å². The number of hydrogen-bond acceptors (Lipinski definition) is 2. The largest absolute Gasteiger partial charge is 0.374 e. The molecular formula is C14H18FNO. The number of rotatable bonds is 3. The van der Waals surface area contributed by atoms with Crippen molar-refractivity contribution in [1.29, 1.82) is 0 Å². The number of benzene rings is 1. The van der Waals surface area contributed by atoms with Crippen LogP contribution in [0.25, 0.3) is 0 Å². The molecule has 0 aliphatic carbocycles. The Hall–Kier alpha value is -1.22. The molecule has 0 bridgehead atoms. The molecule has 1 aliphatic rings. The van der Waals surface area contributed by atoms with Gasteiger partial charge in [-0.3, -0.25) is 4.99 Å². The normalized spacial score (nSPS) is 18.9. The fourth-order valence-corrected chi connectivity index (χ4v) is 1.79. The molecule has 3 heteroatoms. The van der Waals surface area contributed by atoms with Crippen LogP contribution in [0.15, 0.2) is 23.2 Å². The van der Waals surface area contributed by atoms with Gasteiger partial charge < -0.3 is 4.74 Å². The molecule has 0 radical (unpaired) electrons. The maximum absolute atomic E-state index is 14.1. The summed E-state index contributed by atoms with van der Waals surface area (Å²) in [6, 6.07) is 5.59. The second kappa shape index (κ2) is 4.57. The number of hydrogen-bond donors (Lipinski definition) is 0. The first-order valence-electron chi connectivity index (χ1n) is 5.97. The van der Waals surface area contributed by atoms with Crippen molar-refractivity contribution in [2.75, 3.05) is 13.2 Å². The molecule has 92 valence electrons. The van der Waals surface area contributed by atoms with Crippen molar-refractivity contribution in [3.05, 3.63) is 29.3 Å². The molecule has 0 N–H and O–H groups in total. The zero-order valence-electron chi connectivity index (χ0n) is 10.6. The monoisotopic (exact) mass is 235 g/mol. The van der Waals surface area contributed by atoms with Gasteiger partial charge in [0, 0.05) is 5.71 Å². The van der Waals surface area contributed by atoms with Crippen molar-refractivity contribution in [2.45, 2.75) is 32.9 Å². The van der Waals surface area contributed by atoms with Gasteiger partial charge in [-0.25, -0.2) is 4.39 Å². The molecule has 0 atom stereocenters. The SMILES string of the molecule is CCC(C)=Nc1ccc(C2(F)COC2)cc1C. The van der Waals surface area contributed by atoms with Gasteiger partial charge in [0.15, 0.2) is 5.67 Å². The van der Waals surface area contributed by atoms with E-state index in [0.717, 1.165) is 23.4 Å². The molecule has 1 aliphatic heterocycles. The highest BCUT2D eigenvalue weighted by atomic mass is 19.1. The van der Waals surface area contributed by atoms with Gasteiger partial charge >= 0.3 is 0 Å². The lowest BCUT2D eigenvalue weighted by molar-refractivity contribution is -0.135. The van der Waals surface area contributed by atoms with E-state index in [2.05, 4.69) is 11.9 Å². The minimum atomic E-state index is -1.28. The van der Waals surface area contributed by atoms with Crippen LogP contribution in [0.3, 0.4) is 0 Å². The highest BCUT2D eigenvalue weighted by Crippen LogP contribution is 2.35. The summed E-state index contributed by atoms with van der Waals surface area (Å²) in [5.41, 5.74) is 2.44. The van der Waals surface area contributed by atoms with E-state index in [9.17, 15) is 4.39 Å². The molecule has 17 heavy (non-hydrogen) atoms. The highest BCUT2D eigenvalue weighted by Gasteiger charge is 2.40. The molecule has 0 aromatic heterocycles. The van der Waals surface area contributed by atoms with Crippen LogP contribution in [0.1, 0.15) is 31.4 Å². The minimum absolute atomic E-state index is 0.170. The Kier molecular flexibility index (Phi) is 3.29. The summed E-state index contributed by atoms with van der Waals surface area (Å²) in [4.78, 5) is 4.51. The van der Waals surface area contributed by atoms with Crippen LogP contribution < -0.4 is 0 Å². The van der Waals surface area contributed by atoms with Gasteiger partial charge in [-0.2, -0.15) is 0 Å². The molecule has 1 heterocycles. The van der Waals surface area contributed by atoms with Gasteiger partial charge in [-0.15, -0.1) is 0 Å². The Balaban J connectivity index is 2.29. The number of nitrogens with zero attached hydrogens (tertiary/aromatic N) is 1. The van der Waals surface area contributed by atoms with Gasteiger partial charge in [0.25, 0.3) is 0 Å². The van der Waals surface area contributed by atoms with Gasteiger partial charge in [0.05, 0.1) is 18.9 Å². The van der Waals surface area contributed by atoms with Crippen LogP contribution in [0.2, 0.25) is 0 Å². The van der Waals surface area contributed by atoms with E-state index in [1.54, 1.807) is 0 Å². The smallest absolute Gasteiger partial charge is 0.182 e. The first kappa shape index (κ1) is 12.2. The van der Waals surface area contributed by atoms with E-state index < -0.39 is 5.67 Å². The fourth-order valence-electron chi connectivity index (χ4n) is 1.79. The topological polar surface area (TPSA) is 21.6 Å². The number of alkyl halides is 1. The Morgan fingerprint density at radius 2 is 2.18 bits per heavy atom. The Bertz CT molecular complexity index is 450.